The molecule has 2 unspecified atom stereocenters. The molecule has 6 aromatic rings. The smallest absolute Gasteiger partial charge is 0.253 e. The second-order valence-corrected chi connectivity index (χ2v) is 19.9. The third-order valence-electron chi connectivity index (χ3n) is 16.6. The normalized spacial score (nSPS) is 28.6. The highest BCUT2D eigenvalue weighted by Crippen LogP contribution is 2.46. The molecule has 0 amide bonds. The molecule has 0 spiro atoms. The van der Waals surface area contributed by atoms with E-state index in [1.807, 2.05) is 48.5 Å². The molecule has 0 radical (unpaired) electrons. The minimum absolute atomic E-state index is 0.0446. The lowest BCUT2D eigenvalue weighted by atomic mass is 9.73. The van der Waals surface area contributed by atoms with Crippen LogP contribution >= 0.6 is 0 Å². The summed E-state index contributed by atoms with van der Waals surface area (Å²) in [7, 11) is 3.29. The molecule has 13 rings (SSSR count). The van der Waals surface area contributed by atoms with Crippen LogP contribution in [-0.4, -0.2) is 84.3 Å². The molecule has 1 aliphatic carbocycles. The number of piperidine rings is 6. The van der Waals surface area contributed by atoms with Crippen molar-refractivity contribution < 1.29 is 9.47 Å². The van der Waals surface area contributed by atoms with Gasteiger partial charge in [0.05, 0.1) is 37.3 Å². The fraction of sp³-hybridized carbons (Fsp3) is 0.444. The van der Waals surface area contributed by atoms with Crippen LogP contribution in [0.25, 0.3) is 21.8 Å². The Balaban J connectivity index is 0.895. The zero-order chi connectivity index (χ0) is 46.8. The van der Waals surface area contributed by atoms with Crippen LogP contribution in [0, 0.1) is 23.7 Å². The first-order chi connectivity index (χ1) is 33.2. The summed E-state index contributed by atoms with van der Waals surface area (Å²) < 4.78 is 11.3. The van der Waals surface area contributed by atoms with Gasteiger partial charge in [0, 0.05) is 60.4 Å². The highest BCUT2D eigenvalue weighted by atomic mass is 16.5. The molecule has 352 valence electrons. The van der Waals surface area contributed by atoms with Crippen molar-refractivity contribution >= 4 is 44.6 Å². The van der Waals surface area contributed by atoms with Gasteiger partial charge in [-0.3, -0.25) is 38.9 Å². The summed E-state index contributed by atoms with van der Waals surface area (Å²) in [6.07, 6.45) is 14.9. The second-order valence-electron chi connectivity index (χ2n) is 19.9. The van der Waals surface area contributed by atoms with Crippen LogP contribution in [0.3, 0.4) is 0 Å². The number of fused-ring (bicyclic) bond motifs is 8. The topological polar surface area (TPSA) is 167 Å². The molecule has 6 saturated heterocycles. The van der Waals surface area contributed by atoms with Crippen LogP contribution in [0.4, 0.5) is 22.7 Å². The average Bonchev–Trinajstić information content (AvgIpc) is 3.40. The minimum Gasteiger partial charge on any atom is -0.497 e. The molecule has 8 heterocycles. The monoisotopic (exact) mass is 916 g/mol. The standard InChI is InChI=1S/C54H60N8O6/c1-5-29-27-61-21-17-31(29)23-43(61)45(35-15-19-55-39-13-11-33(67-3)25-37(35)39)59-49-47(51(63)53(49)65)57-41-9-7-8-10-42(41)58-48-50(54(66)52(48)64)60-46(44-24-32-18-22-62(44)28-30(32)6-2)36-16-20-56-40-14-12-34(68-4)26-38(36)40/h5-6,11-16,19-20,25-26,29-32,41-46,57-60H,1-2,7-10,17-18,21-24,27-28H2,3-4H3/t29-,30-,31-,32-,41+,42+,43-,44-,45-,46-/m0/s1. The summed E-state index contributed by atoms with van der Waals surface area (Å²) in [5, 5.41) is 16.2. The maximum absolute atomic E-state index is 13.8. The van der Waals surface area contributed by atoms with Crippen LogP contribution in [0.2, 0.25) is 0 Å². The molecule has 68 heavy (non-hydrogen) atoms. The zero-order valence-corrected chi connectivity index (χ0v) is 38.8. The van der Waals surface area contributed by atoms with E-state index in [9.17, 15) is 19.2 Å². The highest BCUT2D eigenvalue weighted by Gasteiger charge is 2.46. The lowest BCUT2D eigenvalue weighted by Gasteiger charge is -2.52. The summed E-state index contributed by atoms with van der Waals surface area (Å²) >= 11 is 0. The second kappa shape index (κ2) is 17.9. The van der Waals surface area contributed by atoms with Gasteiger partial charge in [0.25, 0.3) is 21.7 Å². The van der Waals surface area contributed by atoms with Crippen molar-refractivity contribution in [1.82, 2.24) is 19.8 Å². The van der Waals surface area contributed by atoms with Crippen LogP contribution in [0.15, 0.2) is 105 Å². The predicted octanol–water partition coefficient (Wildman–Crippen LogP) is 6.93. The van der Waals surface area contributed by atoms with E-state index in [0.717, 1.165) is 97.6 Å². The molecule has 6 aliphatic heterocycles. The number of aromatic nitrogens is 2. The number of nitrogens with one attached hydrogen (secondary N) is 4. The Bertz CT molecular complexity index is 2860. The van der Waals surface area contributed by atoms with E-state index in [1.54, 1.807) is 26.6 Å². The van der Waals surface area contributed by atoms with Gasteiger partial charge >= 0.3 is 0 Å². The zero-order valence-electron chi connectivity index (χ0n) is 38.8. The molecule has 2 aromatic heterocycles. The minimum atomic E-state index is -0.565. The number of methoxy groups -OCH3 is 2. The third kappa shape index (κ3) is 7.56. The highest BCUT2D eigenvalue weighted by molar-refractivity contribution is 5.86. The predicted molar refractivity (Wildman–Crippen MR) is 269 cm³/mol. The lowest BCUT2D eigenvalue weighted by Crippen LogP contribution is -2.56. The molecule has 4 bridgehead atoms. The van der Waals surface area contributed by atoms with Crippen LogP contribution < -0.4 is 52.5 Å². The van der Waals surface area contributed by atoms with Crippen molar-refractivity contribution in [3.05, 3.63) is 138 Å². The number of ether oxygens (including phenoxy) is 2. The fourth-order valence-corrected chi connectivity index (χ4v) is 12.8. The number of pyridine rings is 2. The largest absolute Gasteiger partial charge is 0.497 e. The van der Waals surface area contributed by atoms with Crippen molar-refractivity contribution in [2.75, 3.05) is 61.7 Å². The summed E-state index contributed by atoms with van der Waals surface area (Å²) in [6.45, 7) is 11.9. The van der Waals surface area contributed by atoms with Gasteiger partial charge < -0.3 is 30.7 Å². The van der Waals surface area contributed by atoms with Gasteiger partial charge in [-0.2, -0.15) is 0 Å². The van der Waals surface area contributed by atoms with Crippen molar-refractivity contribution in [1.29, 1.82) is 0 Å². The Hall–Kier alpha value is -6.38. The molecule has 4 aromatic carbocycles. The number of anilines is 4. The molecule has 1 saturated carbocycles. The first-order valence-corrected chi connectivity index (χ1v) is 24.5. The van der Waals surface area contributed by atoms with E-state index >= 15 is 0 Å². The summed E-state index contributed by atoms with van der Waals surface area (Å²) in [6, 6.07) is 14.5. The molecule has 12 atom stereocenters. The Kier molecular flexibility index (Phi) is 11.6. The van der Waals surface area contributed by atoms with E-state index in [1.165, 1.54) is 0 Å². The van der Waals surface area contributed by atoms with E-state index in [0.29, 0.717) is 48.0 Å². The van der Waals surface area contributed by atoms with Crippen molar-refractivity contribution in [3.8, 4) is 11.5 Å². The summed E-state index contributed by atoms with van der Waals surface area (Å²) in [4.78, 5) is 69.3. The molecule has 4 N–H and O–H groups in total. The molecular weight excluding hydrogens is 857 g/mol. The lowest BCUT2D eigenvalue weighted by molar-refractivity contribution is 0.0105. The SMILES string of the molecule is C=C[C@H]1CN2CC[C@H]1C[C@H]2[C@@H](Nc1c(N[C@@H]2CCCC[C@H]2Nc2c(N[C@@H](c3ccnc4ccc(OC)cc34)[C@@H]3C[C@@H]4CCN3C[C@@H]4C=C)c(=O)c2=O)c(=O)c1=O)c1ccnc2ccc(OC)cc12. The first kappa shape index (κ1) is 44.1. The van der Waals surface area contributed by atoms with Gasteiger partial charge in [0.15, 0.2) is 0 Å². The summed E-state index contributed by atoms with van der Waals surface area (Å²) in [5.41, 5.74) is 2.42. The van der Waals surface area contributed by atoms with Crippen LogP contribution in [0.1, 0.15) is 74.6 Å². The Morgan fingerprint density at radius 3 is 1.41 bits per heavy atom. The maximum atomic E-state index is 13.8. The van der Waals surface area contributed by atoms with E-state index < -0.39 is 21.7 Å². The van der Waals surface area contributed by atoms with Gasteiger partial charge in [-0.1, -0.05) is 25.0 Å². The van der Waals surface area contributed by atoms with Crippen LogP contribution in [-0.2, 0) is 0 Å². The van der Waals surface area contributed by atoms with Crippen molar-refractivity contribution in [3.63, 3.8) is 0 Å². The van der Waals surface area contributed by atoms with Gasteiger partial charge in [-0.25, -0.2) is 0 Å². The number of rotatable bonds is 16. The van der Waals surface area contributed by atoms with Gasteiger partial charge in [0.1, 0.15) is 34.2 Å². The molecule has 7 fully saturated rings. The Labute approximate surface area is 395 Å². The molecular formula is C54H60N8O6. The van der Waals surface area contributed by atoms with E-state index in [-0.39, 0.29) is 59.0 Å². The average molecular weight is 917 g/mol. The number of nitrogens with zero attached hydrogens (tertiary/aromatic N) is 4. The van der Waals surface area contributed by atoms with Gasteiger partial charge in [-0.15, -0.1) is 13.2 Å². The fourth-order valence-electron chi connectivity index (χ4n) is 12.8. The molecule has 14 nitrogen and oxygen atoms in total. The third-order valence-corrected chi connectivity index (χ3v) is 16.6. The van der Waals surface area contributed by atoms with Crippen LogP contribution in [0.5, 0.6) is 11.5 Å². The van der Waals surface area contributed by atoms with Crippen molar-refractivity contribution in [2.24, 2.45) is 23.7 Å². The van der Waals surface area contributed by atoms with Gasteiger partial charge in [-0.05, 0) is 135 Å². The molecule has 7 aliphatic rings. The van der Waals surface area contributed by atoms with Crippen molar-refractivity contribution in [2.45, 2.75) is 87.6 Å². The number of hydrogen-bond donors (Lipinski definition) is 4. The van der Waals surface area contributed by atoms with E-state index in [4.69, 9.17) is 9.47 Å². The van der Waals surface area contributed by atoms with Gasteiger partial charge in [0.2, 0.25) is 0 Å². The Morgan fingerprint density at radius 1 is 0.603 bits per heavy atom. The first-order valence-electron chi connectivity index (χ1n) is 24.5. The maximum Gasteiger partial charge on any atom is 0.253 e. The number of hydrogen-bond acceptors (Lipinski definition) is 14. The summed E-state index contributed by atoms with van der Waals surface area (Å²) in [5.74, 6) is 3.13. The molecule has 14 heteroatoms. The number of benzene rings is 2. The quantitative estimate of drug-likeness (QED) is 0.0583. The van der Waals surface area contributed by atoms with E-state index in [2.05, 4.69) is 66.3 Å². The Morgan fingerprint density at radius 2 is 1.03 bits per heavy atom.